The summed E-state index contributed by atoms with van der Waals surface area (Å²) < 4.78 is 2.59. The summed E-state index contributed by atoms with van der Waals surface area (Å²) in [4.78, 5) is 2.41. The average molecular weight is 656 g/mol. The van der Waals surface area contributed by atoms with Crippen LogP contribution in [0.5, 0.6) is 0 Å². The molecule has 0 fully saturated rings. The summed E-state index contributed by atoms with van der Waals surface area (Å²) in [5, 5.41) is 2.57. The molecule has 9 aromatic rings. The Labute approximate surface area is 297 Å². The normalized spacial score (nSPS) is 11.2. The maximum atomic E-state index is 2.41. The molecule has 0 unspecified atom stereocenters. The van der Waals surface area contributed by atoms with E-state index in [1.165, 1.54) is 70.4 Å². The topological polar surface area (TPSA) is 3.24 Å². The van der Waals surface area contributed by atoms with Crippen LogP contribution in [-0.4, -0.2) is 0 Å². The Hall–Kier alpha value is -6.22. The van der Waals surface area contributed by atoms with Gasteiger partial charge in [-0.3, -0.25) is 0 Å². The summed E-state index contributed by atoms with van der Waals surface area (Å²) in [6.45, 7) is 0. The molecule has 0 amide bonds. The molecular weight excluding hydrogens is 623 g/mol. The predicted molar refractivity (Wildman–Crippen MR) is 216 cm³/mol. The average Bonchev–Trinajstić information content (AvgIpc) is 3.59. The van der Waals surface area contributed by atoms with Crippen molar-refractivity contribution in [1.29, 1.82) is 0 Å². The van der Waals surface area contributed by atoms with Gasteiger partial charge in [-0.05, 0) is 93.0 Å². The van der Waals surface area contributed by atoms with Crippen LogP contribution in [0.15, 0.2) is 200 Å². The van der Waals surface area contributed by atoms with Crippen LogP contribution >= 0.6 is 11.3 Å². The van der Waals surface area contributed by atoms with E-state index >= 15 is 0 Å². The highest BCUT2D eigenvalue weighted by Crippen LogP contribution is 2.45. The lowest BCUT2D eigenvalue weighted by molar-refractivity contribution is 1.30. The number of rotatable bonds is 7. The van der Waals surface area contributed by atoms with Gasteiger partial charge >= 0.3 is 0 Å². The third-order valence-electron chi connectivity index (χ3n) is 9.50. The fraction of sp³-hybridized carbons (Fsp3) is 0. The van der Waals surface area contributed by atoms with E-state index in [2.05, 4.69) is 205 Å². The minimum atomic E-state index is 1.12. The summed E-state index contributed by atoms with van der Waals surface area (Å²) >= 11 is 1.86. The Balaban J connectivity index is 1.16. The Kier molecular flexibility index (Phi) is 7.77. The van der Waals surface area contributed by atoms with E-state index in [-0.39, 0.29) is 0 Å². The van der Waals surface area contributed by atoms with Crippen LogP contribution < -0.4 is 4.90 Å². The summed E-state index contributed by atoms with van der Waals surface area (Å²) in [6, 6.07) is 72.3. The van der Waals surface area contributed by atoms with Crippen molar-refractivity contribution in [3.05, 3.63) is 200 Å². The SMILES string of the molecule is c1ccc(-c2ccc(N(c3ccc(-c4ccc(-c5ccccc5)c(-c5ccccc5)c4)cc3)c3cccc4sc5ccccc5c34)cc2)cc1. The molecule has 0 radical (unpaired) electrons. The monoisotopic (exact) mass is 655 g/mol. The first-order chi connectivity index (χ1) is 24.8. The molecule has 0 saturated carbocycles. The van der Waals surface area contributed by atoms with Crippen molar-refractivity contribution in [1.82, 2.24) is 0 Å². The Bertz CT molecular complexity index is 2550. The van der Waals surface area contributed by atoms with Crippen LogP contribution in [0.3, 0.4) is 0 Å². The summed E-state index contributed by atoms with van der Waals surface area (Å²) in [6.07, 6.45) is 0. The van der Waals surface area contributed by atoms with Crippen molar-refractivity contribution in [3.63, 3.8) is 0 Å². The smallest absolute Gasteiger partial charge is 0.0554 e. The molecule has 1 aromatic heterocycles. The standard InChI is InChI=1S/C48H33NS/c1-4-13-34(14-5-1)35-23-28-40(29-24-35)49(45-20-12-22-47-48(45)43-19-10-11-21-46(43)50-47)41-30-25-36(26-31-41)39-27-32-42(37-15-6-2-7-16-37)44(33-39)38-17-8-3-9-18-38/h1-33H. The molecule has 50 heavy (non-hydrogen) atoms. The first-order valence-corrected chi connectivity index (χ1v) is 17.8. The van der Waals surface area contributed by atoms with Gasteiger partial charge in [-0.1, -0.05) is 152 Å². The van der Waals surface area contributed by atoms with Crippen molar-refractivity contribution in [2.75, 3.05) is 4.90 Å². The molecule has 1 nitrogen and oxygen atoms in total. The highest BCUT2D eigenvalue weighted by molar-refractivity contribution is 7.26. The summed E-state index contributed by atoms with van der Waals surface area (Å²) in [5.41, 5.74) is 13.1. The van der Waals surface area contributed by atoms with Crippen LogP contribution in [-0.2, 0) is 0 Å². The van der Waals surface area contributed by atoms with E-state index in [9.17, 15) is 0 Å². The molecule has 236 valence electrons. The predicted octanol–water partition coefficient (Wildman–Crippen LogP) is 14.2. The van der Waals surface area contributed by atoms with Gasteiger partial charge in [0.1, 0.15) is 0 Å². The maximum absolute atomic E-state index is 2.41. The summed E-state index contributed by atoms with van der Waals surface area (Å²) in [7, 11) is 0. The van der Waals surface area contributed by atoms with E-state index in [4.69, 9.17) is 0 Å². The number of thiophene rings is 1. The zero-order valence-electron chi connectivity index (χ0n) is 27.4. The molecule has 0 atom stereocenters. The Morgan fingerprint density at radius 2 is 0.800 bits per heavy atom. The third kappa shape index (κ3) is 5.56. The highest BCUT2D eigenvalue weighted by Gasteiger charge is 2.19. The van der Waals surface area contributed by atoms with Crippen LogP contribution in [0.4, 0.5) is 17.1 Å². The number of fused-ring (bicyclic) bond motifs is 3. The maximum Gasteiger partial charge on any atom is 0.0554 e. The molecule has 9 rings (SSSR count). The van der Waals surface area contributed by atoms with E-state index in [0.29, 0.717) is 0 Å². The first kappa shape index (κ1) is 29.9. The fourth-order valence-corrected chi connectivity index (χ4v) is 8.18. The molecule has 0 aliphatic carbocycles. The van der Waals surface area contributed by atoms with Crippen LogP contribution in [0.2, 0.25) is 0 Å². The number of hydrogen-bond donors (Lipinski definition) is 0. The molecule has 0 aliphatic rings. The Morgan fingerprint density at radius 1 is 0.320 bits per heavy atom. The Morgan fingerprint density at radius 3 is 1.44 bits per heavy atom. The van der Waals surface area contributed by atoms with Gasteiger partial charge in [-0.25, -0.2) is 0 Å². The minimum Gasteiger partial charge on any atom is -0.310 e. The largest absolute Gasteiger partial charge is 0.310 e. The van der Waals surface area contributed by atoms with E-state index in [1.54, 1.807) is 0 Å². The van der Waals surface area contributed by atoms with E-state index in [0.717, 1.165) is 11.4 Å². The molecule has 0 spiro atoms. The molecule has 0 saturated heterocycles. The van der Waals surface area contributed by atoms with Crippen molar-refractivity contribution >= 4 is 48.6 Å². The zero-order chi connectivity index (χ0) is 33.3. The van der Waals surface area contributed by atoms with Gasteiger partial charge in [0.2, 0.25) is 0 Å². The lowest BCUT2D eigenvalue weighted by Crippen LogP contribution is -2.10. The van der Waals surface area contributed by atoms with Crippen LogP contribution in [0.1, 0.15) is 0 Å². The minimum absolute atomic E-state index is 1.12. The van der Waals surface area contributed by atoms with Crippen LogP contribution in [0.25, 0.3) is 64.7 Å². The van der Waals surface area contributed by atoms with E-state index < -0.39 is 0 Å². The number of anilines is 3. The van der Waals surface area contributed by atoms with Crippen molar-refractivity contribution in [2.45, 2.75) is 0 Å². The number of nitrogens with zero attached hydrogens (tertiary/aromatic N) is 1. The first-order valence-electron chi connectivity index (χ1n) is 17.0. The second-order valence-corrected chi connectivity index (χ2v) is 13.6. The quantitative estimate of drug-likeness (QED) is 0.165. The molecule has 0 N–H and O–H groups in total. The number of benzene rings is 8. The molecule has 0 aliphatic heterocycles. The second kappa shape index (κ2) is 13.0. The number of hydrogen-bond acceptors (Lipinski definition) is 2. The lowest BCUT2D eigenvalue weighted by atomic mass is 9.91. The summed E-state index contributed by atoms with van der Waals surface area (Å²) in [5.74, 6) is 0. The molecular formula is C48H33NS. The van der Waals surface area contributed by atoms with Gasteiger partial charge in [0, 0.05) is 31.5 Å². The van der Waals surface area contributed by atoms with Gasteiger partial charge in [-0.15, -0.1) is 11.3 Å². The van der Waals surface area contributed by atoms with Crippen molar-refractivity contribution < 1.29 is 0 Å². The van der Waals surface area contributed by atoms with Crippen LogP contribution in [0, 0.1) is 0 Å². The molecule has 0 bridgehead atoms. The fourth-order valence-electron chi connectivity index (χ4n) is 7.06. The van der Waals surface area contributed by atoms with Gasteiger partial charge in [0.25, 0.3) is 0 Å². The van der Waals surface area contributed by atoms with Gasteiger partial charge in [0.05, 0.1) is 5.69 Å². The van der Waals surface area contributed by atoms with Gasteiger partial charge in [0.15, 0.2) is 0 Å². The zero-order valence-corrected chi connectivity index (χ0v) is 28.2. The molecule has 1 heterocycles. The second-order valence-electron chi connectivity index (χ2n) is 12.5. The lowest BCUT2D eigenvalue weighted by Gasteiger charge is -2.27. The molecule has 8 aromatic carbocycles. The molecule has 2 heteroatoms. The van der Waals surface area contributed by atoms with Crippen molar-refractivity contribution in [2.24, 2.45) is 0 Å². The van der Waals surface area contributed by atoms with Gasteiger partial charge < -0.3 is 4.90 Å². The highest BCUT2D eigenvalue weighted by atomic mass is 32.1. The van der Waals surface area contributed by atoms with E-state index in [1.807, 2.05) is 11.3 Å². The third-order valence-corrected chi connectivity index (χ3v) is 10.6. The van der Waals surface area contributed by atoms with Gasteiger partial charge in [-0.2, -0.15) is 0 Å². The van der Waals surface area contributed by atoms with Crippen molar-refractivity contribution in [3.8, 4) is 44.5 Å².